The molecule has 1 saturated heterocycles. The van der Waals surface area contributed by atoms with Gasteiger partial charge in [0.1, 0.15) is 0 Å². The summed E-state index contributed by atoms with van der Waals surface area (Å²) in [5, 5.41) is 0. The number of halogens is 3. The monoisotopic (exact) mass is 372 g/mol. The van der Waals surface area contributed by atoms with Gasteiger partial charge in [0.15, 0.2) is 17.9 Å². The molecule has 6 heteroatoms. The molecule has 1 aliphatic carbocycles. The zero-order valence-corrected chi connectivity index (χ0v) is 15.1. The predicted octanol–water partition coefficient (Wildman–Crippen LogP) is 5.18. The van der Waals surface area contributed by atoms with Crippen LogP contribution in [0, 0.1) is 23.6 Å². The van der Waals surface area contributed by atoms with Crippen molar-refractivity contribution in [3.8, 4) is 5.75 Å². The molecule has 1 aromatic rings. The maximum atomic E-state index is 13.7. The van der Waals surface area contributed by atoms with Gasteiger partial charge in [0, 0.05) is 12.3 Å². The average molecular weight is 372 g/mol. The van der Waals surface area contributed by atoms with Crippen LogP contribution in [-0.2, 0) is 15.9 Å². The van der Waals surface area contributed by atoms with E-state index in [2.05, 4.69) is 11.7 Å². The van der Waals surface area contributed by atoms with Crippen molar-refractivity contribution in [2.45, 2.75) is 58.4 Å². The van der Waals surface area contributed by atoms with Gasteiger partial charge in [0.05, 0.1) is 13.2 Å². The van der Waals surface area contributed by atoms with E-state index in [1.807, 2.05) is 0 Å². The van der Waals surface area contributed by atoms with Crippen molar-refractivity contribution < 1.29 is 27.4 Å². The van der Waals surface area contributed by atoms with Crippen molar-refractivity contribution in [1.82, 2.24) is 0 Å². The Morgan fingerprint density at radius 1 is 1.08 bits per heavy atom. The Morgan fingerprint density at radius 3 is 2.38 bits per heavy atom. The van der Waals surface area contributed by atoms with Gasteiger partial charge in [-0.15, -0.1) is 0 Å². The zero-order chi connectivity index (χ0) is 18.5. The Hall–Kier alpha value is -1.27. The first kappa shape index (κ1) is 19.5. The summed E-state index contributed by atoms with van der Waals surface area (Å²) in [6, 6.07) is 4.06. The predicted molar refractivity (Wildman–Crippen MR) is 91.7 cm³/mol. The average Bonchev–Trinajstić information content (AvgIpc) is 2.63. The third-order valence-electron chi connectivity index (χ3n) is 5.60. The molecule has 0 bridgehead atoms. The highest BCUT2D eigenvalue weighted by Crippen LogP contribution is 2.35. The minimum Gasteiger partial charge on any atom is -0.432 e. The van der Waals surface area contributed by atoms with E-state index in [1.54, 1.807) is 6.07 Å². The highest BCUT2D eigenvalue weighted by atomic mass is 19.3. The molecule has 1 aromatic carbocycles. The van der Waals surface area contributed by atoms with E-state index in [-0.39, 0.29) is 6.29 Å². The molecular formula is C20H27F3O3. The van der Waals surface area contributed by atoms with E-state index in [4.69, 9.17) is 9.47 Å². The van der Waals surface area contributed by atoms with Crippen molar-refractivity contribution >= 4 is 0 Å². The van der Waals surface area contributed by atoms with Crippen molar-refractivity contribution in [3.05, 3.63) is 29.6 Å². The Kier molecular flexibility index (Phi) is 6.81. The second-order valence-corrected chi connectivity index (χ2v) is 7.56. The van der Waals surface area contributed by atoms with Gasteiger partial charge in [0.2, 0.25) is 0 Å². The molecule has 0 unspecified atom stereocenters. The van der Waals surface area contributed by atoms with E-state index >= 15 is 0 Å². The van der Waals surface area contributed by atoms with Crippen LogP contribution in [0.1, 0.15) is 44.6 Å². The first-order chi connectivity index (χ1) is 12.5. The SMILES string of the molecule is CC1CCC(C2COC(CCc3ccc(OC(F)F)c(F)c3)OC2)CC1. The van der Waals surface area contributed by atoms with Gasteiger partial charge in [-0.3, -0.25) is 0 Å². The van der Waals surface area contributed by atoms with E-state index in [9.17, 15) is 13.2 Å². The van der Waals surface area contributed by atoms with Gasteiger partial charge < -0.3 is 14.2 Å². The second-order valence-electron chi connectivity index (χ2n) is 7.56. The van der Waals surface area contributed by atoms with Crippen LogP contribution in [0.25, 0.3) is 0 Å². The van der Waals surface area contributed by atoms with Crippen LogP contribution in [0.15, 0.2) is 18.2 Å². The van der Waals surface area contributed by atoms with Crippen LogP contribution in [0.5, 0.6) is 5.75 Å². The highest BCUT2D eigenvalue weighted by molar-refractivity contribution is 5.29. The van der Waals surface area contributed by atoms with Crippen LogP contribution in [0.3, 0.4) is 0 Å². The molecule has 2 fully saturated rings. The molecule has 0 aromatic heterocycles. The largest absolute Gasteiger partial charge is 0.432 e. The van der Waals surface area contributed by atoms with Crippen LogP contribution in [0.4, 0.5) is 13.2 Å². The summed E-state index contributed by atoms with van der Waals surface area (Å²) in [4.78, 5) is 0. The van der Waals surface area contributed by atoms with Gasteiger partial charge in [-0.1, -0.05) is 25.8 Å². The minimum atomic E-state index is -3.03. The van der Waals surface area contributed by atoms with E-state index in [0.29, 0.717) is 30.2 Å². The van der Waals surface area contributed by atoms with Crippen molar-refractivity contribution in [2.75, 3.05) is 13.2 Å². The molecule has 0 amide bonds. The quantitative estimate of drug-likeness (QED) is 0.689. The maximum absolute atomic E-state index is 13.7. The highest BCUT2D eigenvalue weighted by Gasteiger charge is 2.30. The third kappa shape index (κ3) is 5.36. The number of hydrogen-bond donors (Lipinski definition) is 0. The molecule has 0 atom stereocenters. The lowest BCUT2D eigenvalue weighted by Gasteiger charge is -2.37. The number of aryl methyl sites for hydroxylation is 1. The number of hydrogen-bond acceptors (Lipinski definition) is 3. The van der Waals surface area contributed by atoms with Crippen molar-refractivity contribution in [3.63, 3.8) is 0 Å². The van der Waals surface area contributed by atoms with E-state index in [1.165, 1.54) is 37.8 Å². The summed E-state index contributed by atoms with van der Waals surface area (Å²) in [6.45, 7) is 0.729. The lowest BCUT2D eigenvalue weighted by Crippen LogP contribution is -2.37. The summed E-state index contributed by atoms with van der Waals surface area (Å²) in [7, 11) is 0. The van der Waals surface area contributed by atoms with Crippen molar-refractivity contribution in [2.24, 2.45) is 17.8 Å². The van der Waals surface area contributed by atoms with Crippen LogP contribution in [0.2, 0.25) is 0 Å². The molecule has 2 aliphatic rings. The minimum absolute atomic E-state index is 0.284. The molecule has 1 heterocycles. The summed E-state index contributed by atoms with van der Waals surface area (Å²) < 4.78 is 53.9. The first-order valence-electron chi connectivity index (χ1n) is 9.47. The van der Waals surface area contributed by atoms with E-state index < -0.39 is 18.2 Å². The molecule has 0 spiro atoms. The normalized spacial score (nSPS) is 29.7. The zero-order valence-electron chi connectivity index (χ0n) is 15.1. The smallest absolute Gasteiger partial charge is 0.387 e. The molecule has 26 heavy (non-hydrogen) atoms. The van der Waals surface area contributed by atoms with Crippen LogP contribution in [-0.4, -0.2) is 26.1 Å². The Morgan fingerprint density at radius 2 is 1.77 bits per heavy atom. The summed E-state index contributed by atoms with van der Waals surface area (Å²) in [5.41, 5.74) is 0.708. The number of alkyl halides is 2. The fourth-order valence-corrected chi connectivity index (χ4v) is 3.93. The molecule has 146 valence electrons. The van der Waals surface area contributed by atoms with Crippen molar-refractivity contribution in [1.29, 1.82) is 0 Å². The molecule has 1 saturated carbocycles. The maximum Gasteiger partial charge on any atom is 0.387 e. The third-order valence-corrected chi connectivity index (χ3v) is 5.60. The number of benzene rings is 1. The standard InChI is InChI=1S/C20H27F3O3/c1-13-2-6-15(7-3-13)16-11-24-19(25-12-16)9-5-14-4-8-18(17(21)10-14)26-20(22)23/h4,8,10,13,15-16,19-20H,2-3,5-7,9,11-12H2,1H3. The van der Waals surface area contributed by atoms with Gasteiger partial charge in [-0.2, -0.15) is 8.78 Å². The number of ether oxygens (including phenoxy) is 3. The summed E-state index contributed by atoms with van der Waals surface area (Å²) in [5.74, 6) is 0.798. The lowest BCUT2D eigenvalue weighted by atomic mass is 9.76. The molecule has 0 N–H and O–H groups in total. The fourth-order valence-electron chi connectivity index (χ4n) is 3.93. The fraction of sp³-hybridized carbons (Fsp3) is 0.700. The van der Waals surface area contributed by atoms with Crippen LogP contribution >= 0.6 is 0 Å². The lowest BCUT2D eigenvalue weighted by molar-refractivity contribution is -0.212. The van der Waals surface area contributed by atoms with Gasteiger partial charge in [-0.25, -0.2) is 4.39 Å². The number of rotatable bonds is 6. The molecular weight excluding hydrogens is 345 g/mol. The van der Waals surface area contributed by atoms with Crippen LogP contribution < -0.4 is 4.74 Å². The second kappa shape index (κ2) is 9.09. The van der Waals surface area contributed by atoms with Gasteiger partial charge in [-0.05, 0) is 48.8 Å². The van der Waals surface area contributed by atoms with E-state index in [0.717, 1.165) is 19.1 Å². The van der Waals surface area contributed by atoms with Gasteiger partial charge >= 0.3 is 6.61 Å². The Bertz CT molecular complexity index is 565. The topological polar surface area (TPSA) is 27.7 Å². The molecule has 3 nitrogen and oxygen atoms in total. The molecule has 0 radical (unpaired) electrons. The van der Waals surface area contributed by atoms with Gasteiger partial charge in [0.25, 0.3) is 0 Å². The summed E-state index contributed by atoms with van der Waals surface area (Å²) >= 11 is 0. The molecule has 3 rings (SSSR count). The Balaban J connectivity index is 1.42. The Labute approximate surface area is 152 Å². The molecule has 1 aliphatic heterocycles. The first-order valence-corrected chi connectivity index (χ1v) is 9.47. The summed E-state index contributed by atoms with van der Waals surface area (Å²) in [6.07, 6.45) is 5.99.